The predicted octanol–water partition coefficient (Wildman–Crippen LogP) is 4.07. The van der Waals surface area contributed by atoms with Gasteiger partial charge in [-0.15, -0.1) is 11.3 Å². The van der Waals surface area contributed by atoms with Crippen molar-refractivity contribution in [3.63, 3.8) is 0 Å². The van der Waals surface area contributed by atoms with E-state index < -0.39 is 0 Å². The van der Waals surface area contributed by atoms with Crippen LogP contribution in [0, 0.1) is 18.8 Å². The minimum atomic E-state index is -0.178. The topological polar surface area (TPSA) is 62.3 Å². The number of anilines is 1. The second kappa shape index (κ2) is 8.03. The van der Waals surface area contributed by atoms with Gasteiger partial charge in [0.2, 0.25) is 5.91 Å². The van der Waals surface area contributed by atoms with Crippen LogP contribution in [0.3, 0.4) is 0 Å². The Bertz CT molecular complexity index is 874. The summed E-state index contributed by atoms with van der Waals surface area (Å²) in [6.07, 6.45) is 4.90. The lowest BCUT2D eigenvalue weighted by Gasteiger charge is -2.32. The Labute approximate surface area is 170 Å². The van der Waals surface area contributed by atoms with Crippen molar-refractivity contribution >= 4 is 28.3 Å². The van der Waals surface area contributed by atoms with Crippen LogP contribution in [0.4, 0.5) is 5.13 Å². The molecule has 2 atom stereocenters. The molecule has 1 saturated heterocycles. The Morgan fingerprint density at radius 2 is 2.00 bits per heavy atom. The molecule has 1 aliphatic carbocycles. The number of likely N-dealkylation sites (tertiary alicyclic amines) is 1. The summed E-state index contributed by atoms with van der Waals surface area (Å²) in [7, 11) is 0. The van der Waals surface area contributed by atoms with Crippen molar-refractivity contribution in [1.82, 2.24) is 9.88 Å². The van der Waals surface area contributed by atoms with Crippen molar-refractivity contribution < 1.29 is 9.59 Å². The van der Waals surface area contributed by atoms with Crippen molar-refractivity contribution in [2.24, 2.45) is 11.8 Å². The van der Waals surface area contributed by atoms with Crippen LogP contribution < -0.4 is 5.32 Å². The number of hydrogen-bond acceptors (Lipinski definition) is 4. The molecule has 1 N–H and O–H groups in total. The van der Waals surface area contributed by atoms with Gasteiger partial charge in [0, 0.05) is 23.5 Å². The summed E-state index contributed by atoms with van der Waals surface area (Å²) in [6, 6.07) is 7.63. The average molecular weight is 398 g/mol. The van der Waals surface area contributed by atoms with Crippen molar-refractivity contribution in [3.8, 4) is 0 Å². The predicted molar refractivity (Wildman–Crippen MR) is 112 cm³/mol. The number of aromatic nitrogens is 1. The number of aryl methyl sites for hydroxylation is 2. The molecule has 1 aliphatic heterocycles. The summed E-state index contributed by atoms with van der Waals surface area (Å²) in [6.45, 7) is 5.45. The Morgan fingerprint density at radius 3 is 2.79 bits per heavy atom. The molecule has 2 aliphatic rings. The summed E-state index contributed by atoms with van der Waals surface area (Å²) < 4.78 is 0. The van der Waals surface area contributed by atoms with Gasteiger partial charge in [-0.1, -0.05) is 24.6 Å². The zero-order chi connectivity index (χ0) is 19.7. The highest BCUT2D eigenvalue weighted by molar-refractivity contribution is 7.15. The van der Waals surface area contributed by atoms with Gasteiger partial charge in [-0.05, 0) is 57.1 Å². The van der Waals surface area contributed by atoms with Gasteiger partial charge >= 0.3 is 0 Å². The largest absolute Gasteiger partial charge is 0.338 e. The molecule has 2 aromatic rings. The quantitative estimate of drug-likeness (QED) is 0.849. The standard InChI is InChI=1S/C22H27N3O2S/c1-14-5-8-16(9-6-14)21(27)25-11-3-4-17(13-25)20(26)24-22-23-18-10-7-15(2)12-19(18)28-22/h5-6,8-9,15,17H,3-4,7,10-13H2,1-2H3,(H,23,24,26). The third-order valence-corrected chi connectivity index (χ3v) is 6.83. The van der Waals surface area contributed by atoms with Crippen molar-refractivity contribution in [2.75, 3.05) is 18.4 Å². The maximum Gasteiger partial charge on any atom is 0.253 e. The molecule has 1 fully saturated rings. The Morgan fingerprint density at radius 1 is 1.21 bits per heavy atom. The molecular weight excluding hydrogens is 370 g/mol. The number of fused-ring (bicyclic) bond motifs is 1. The van der Waals surface area contributed by atoms with E-state index in [0.29, 0.717) is 29.7 Å². The van der Waals surface area contributed by atoms with E-state index >= 15 is 0 Å². The number of rotatable bonds is 3. The van der Waals surface area contributed by atoms with Crippen LogP contribution >= 0.6 is 11.3 Å². The zero-order valence-corrected chi connectivity index (χ0v) is 17.3. The number of nitrogens with zero attached hydrogens (tertiary/aromatic N) is 2. The van der Waals surface area contributed by atoms with Gasteiger partial charge in [-0.25, -0.2) is 4.98 Å². The second-order valence-electron chi connectivity index (χ2n) is 8.18. The molecule has 2 amide bonds. The fourth-order valence-corrected chi connectivity index (χ4v) is 5.23. The third-order valence-electron chi connectivity index (χ3n) is 5.79. The van der Waals surface area contributed by atoms with Crippen LogP contribution in [0.5, 0.6) is 0 Å². The van der Waals surface area contributed by atoms with Gasteiger partial charge in [0.1, 0.15) is 0 Å². The summed E-state index contributed by atoms with van der Waals surface area (Å²) in [5.41, 5.74) is 2.97. The van der Waals surface area contributed by atoms with Gasteiger partial charge < -0.3 is 10.2 Å². The second-order valence-corrected chi connectivity index (χ2v) is 9.27. The number of piperidine rings is 1. The first kappa shape index (κ1) is 19.1. The maximum absolute atomic E-state index is 12.8. The molecule has 0 saturated carbocycles. The van der Waals surface area contributed by atoms with Crippen molar-refractivity contribution in [3.05, 3.63) is 46.0 Å². The van der Waals surface area contributed by atoms with E-state index in [1.54, 1.807) is 11.3 Å². The fraction of sp³-hybridized carbons (Fsp3) is 0.500. The lowest BCUT2D eigenvalue weighted by Crippen LogP contribution is -2.43. The molecule has 0 spiro atoms. The number of benzene rings is 1. The molecule has 0 radical (unpaired) electrons. The van der Waals surface area contributed by atoms with Gasteiger partial charge in [-0.2, -0.15) is 0 Å². The van der Waals surface area contributed by atoms with Crippen LogP contribution in [0.1, 0.15) is 52.7 Å². The maximum atomic E-state index is 12.8. The van der Waals surface area contributed by atoms with E-state index in [1.165, 1.54) is 11.3 Å². The van der Waals surface area contributed by atoms with Crippen molar-refractivity contribution in [1.29, 1.82) is 0 Å². The average Bonchev–Trinajstić information content (AvgIpc) is 3.09. The summed E-state index contributed by atoms with van der Waals surface area (Å²) in [5, 5.41) is 3.73. The van der Waals surface area contributed by atoms with Crippen LogP contribution in [0.2, 0.25) is 0 Å². The highest BCUT2D eigenvalue weighted by atomic mass is 32.1. The Balaban J connectivity index is 1.39. The third kappa shape index (κ3) is 4.12. The van der Waals surface area contributed by atoms with E-state index in [2.05, 4.69) is 17.2 Å². The normalized spacial score (nSPS) is 21.9. The number of thiazole rings is 1. The van der Waals surface area contributed by atoms with E-state index in [0.717, 1.165) is 36.9 Å². The molecule has 6 heteroatoms. The zero-order valence-electron chi connectivity index (χ0n) is 16.5. The molecular formula is C22H27N3O2S. The molecule has 2 unspecified atom stereocenters. The Hall–Kier alpha value is -2.21. The molecule has 0 bridgehead atoms. The molecule has 5 nitrogen and oxygen atoms in total. The SMILES string of the molecule is Cc1ccc(C(=O)N2CCCC(C(=O)Nc3nc4c(s3)CC(C)CC4)C2)cc1. The summed E-state index contributed by atoms with van der Waals surface area (Å²) >= 11 is 1.61. The molecule has 1 aromatic carbocycles. The fourth-order valence-electron chi connectivity index (χ4n) is 4.06. The van der Waals surface area contributed by atoms with Crippen LogP contribution in [0.15, 0.2) is 24.3 Å². The first-order valence-corrected chi connectivity index (χ1v) is 11.0. The minimum Gasteiger partial charge on any atom is -0.338 e. The van der Waals surface area contributed by atoms with E-state index in [-0.39, 0.29) is 17.7 Å². The first-order valence-electron chi connectivity index (χ1n) is 10.1. The lowest BCUT2D eigenvalue weighted by molar-refractivity contribution is -0.121. The highest BCUT2D eigenvalue weighted by Gasteiger charge is 2.30. The van der Waals surface area contributed by atoms with Crippen LogP contribution in [-0.2, 0) is 17.6 Å². The lowest BCUT2D eigenvalue weighted by atomic mass is 9.93. The van der Waals surface area contributed by atoms with Gasteiger partial charge in [-0.3, -0.25) is 9.59 Å². The number of carbonyl (C=O) groups is 2. The van der Waals surface area contributed by atoms with Crippen LogP contribution in [0.25, 0.3) is 0 Å². The monoisotopic (exact) mass is 397 g/mol. The summed E-state index contributed by atoms with van der Waals surface area (Å²) in [5.74, 6) is 0.510. The van der Waals surface area contributed by atoms with Crippen molar-refractivity contribution in [2.45, 2.75) is 46.0 Å². The number of amides is 2. The van der Waals surface area contributed by atoms with Gasteiger partial charge in [0.05, 0.1) is 11.6 Å². The summed E-state index contributed by atoms with van der Waals surface area (Å²) in [4.78, 5) is 33.4. The molecule has 2 heterocycles. The smallest absolute Gasteiger partial charge is 0.253 e. The highest BCUT2D eigenvalue weighted by Crippen LogP contribution is 2.32. The van der Waals surface area contributed by atoms with E-state index in [9.17, 15) is 9.59 Å². The van der Waals surface area contributed by atoms with E-state index in [1.807, 2.05) is 36.1 Å². The minimum absolute atomic E-state index is 0.0104. The molecule has 28 heavy (non-hydrogen) atoms. The molecule has 1 aromatic heterocycles. The number of hydrogen-bond donors (Lipinski definition) is 1. The van der Waals surface area contributed by atoms with Gasteiger partial charge in [0.25, 0.3) is 5.91 Å². The van der Waals surface area contributed by atoms with E-state index in [4.69, 9.17) is 0 Å². The molecule has 148 valence electrons. The van der Waals surface area contributed by atoms with Gasteiger partial charge in [0.15, 0.2) is 5.13 Å². The number of carbonyl (C=O) groups excluding carboxylic acids is 2. The Kier molecular flexibility index (Phi) is 5.49. The first-order chi connectivity index (χ1) is 13.5. The number of nitrogens with one attached hydrogen (secondary N) is 1. The molecule has 4 rings (SSSR count). The van der Waals surface area contributed by atoms with Crippen LogP contribution in [-0.4, -0.2) is 34.8 Å².